The summed E-state index contributed by atoms with van der Waals surface area (Å²) in [7, 11) is 0. The second-order valence-corrected chi connectivity index (χ2v) is 8.29. The first-order valence-electron chi connectivity index (χ1n) is 9.09. The third-order valence-electron chi connectivity index (χ3n) is 5.00. The van der Waals surface area contributed by atoms with Gasteiger partial charge in [-0.1, -0.05) is 41.5 Å². The number of carbonyl (C=O) groups is 1. The topological polar surface area (TPSA) is 46.9 Å². The lowest BCUT2D eigenvalue weighted by atomic mass is 9.98. The van der Waals surface area contributed by atoms with Gasteiger partial charge in [-0.05, 0) is 51.0 Å². The molecule has 4 rings (SSSR count). The van der Waals surface area contributed by atoms with E-state index in [2.05, 4.69) is 56.4 Å². The van der Waals surface area contributed by atoms with E-state index in [1.54, 1.807) is 11.8 Å². The van der Waals surface area contributed by atoms with Crippen molar-refractivity contribution in [2.24, 2.45) is 0 Å². The number of nitrogens with one attached hydrogen (secondary N) is 1. The molecule has 0 saturated heterocycles. The zero-order valence-corrected chi connectivity index (χ0v) is 16.9. The van der Waals surface area contributed by atoms with Crippen LogP contribution in [0.5, 0.6) is 0 Å². The maximum absolute atomic E-state index is 12.4. The van der Waals surface area contributed by atoms with Crippen molar-refractivity contribution < 1.29 is 4.79 Å². The fourth-order valence-corrected chi connectivity index (χ4v) is 4.82. The summed E-state index contributed by atoms with van der Waals surface area (Å²) in [6.07, 6.45) is 0. The molecule has 1 aliphatic rings. The molecule has 2 aromatic carbocycles. The summed E-state index contributed by atoms with van der Waals surface area (Å²) in [6, 6.07) is 14.7. The number of rotatable bonds is 2. The number of amides is 1. The highest BCUT2D eigenvalue weighted by atomic mass is 32.2. The predicted octanol–water partition coefficient (Wildman–Crippen LogP) is 4.88. The molecule has 4 nitrogen and oxygen atoms in total. The largest absolute Gasteiger partial charge is 0.310 e. The van der Waals surface area contributed by atoms with Gasteiger partial charge in [0.2, 0.25) is 5.91 Å². The van der Waals surface area contributed by atoms with Gasteiger partial charge in [-0.3, -0.25) is 4.79 Å². The van der Waals surface area contributed by atoms with Crippen LogP contribution in [0.1, 0.15) is 38.8 Å². The second-order valence-electron chi connectivity index (χ2n) is 7.19. The molecule has 0 fully saturated rings. The van der Waals surface area contributed by atoms with Gasteiger partial charge in [0.1, 0.15) is 5.82 Å². The van der Waals surface area contributed by atoms with Gasteiger partial charge in [-0.15, -0.1) is 11.8 Å². The molecule has 0 radical (unpaired) electrons. The minimum absolute atomic E-state index is 0.0160. The zero-order chi connectivity index (χ0) is 19.1. The van der Waals surface area contributed by atoms with Crippen LogP contribution < -0.4 is 5.32 Å². The highest BCUT2D eigenvalue weighted by molar-refractivity contribution is 8.00. The first-order chi connectivity index (χ1) is 12.9. The maximum Gasteiger partial charge on any atom is 0.235 e. The van der Waals surface area contributed by atoms with E-state index in [4.69, 9.17) is 5.10 Å². The first kappa shape index (κ1) is 17.9. The molecule has 0 spiro atoms. The monoisotopic (exact) mass is 377 g/mol. The molecule has 1 N–H and O–H groups in total. The number of thioether (sulfide) groups is 1. The highest BCUT2D eigenvalue weighted by Crippen LogP contribution is 2.44. The molecule has 0 saturated carbocycles. The van der Waals surface area contributed by atoms with Gasteiger partial charge < -0.3 is 5.32 Å². The van der Waals surface area contributed by atoms with E-state index in [0.717, 1.165) is 22.8 Å². The second kappa shape index (κ2) is 6.89. The van der Waals surface area contributed by atoms with Crippen LogP contribution in [0.15, 0.2) is 42.5 Å². The molecule has 2 heterocycles. The smallest absolute Gasteiger partial charge is 0.235 e. The van der Waals surface area contributed by atoms with Gasteiger partial charge in [0, 0.05) is 5.56 Å². The number of anilines is 1. The summed E-state index contributed by atoms with van der Waals surface area (Å²) in [4.78, 5) is 12.4. The Labute approximate surface area is 164 Å². The van der Waals surface area contributed by atoms with Gasteiger partial charge in [-0.25, -0.2) is 4.68 Å². The van der Waals surface area contributed by atoms with Crippen molar-refractivity contribution >= 4 is 23.5 Å². The van der Waals surface area contributed by atoms with Crippen LogP contribution >= 0.6 is 11.8 Å². The summed E-state index contributed by atoms with van der Waals surface area (Å²) >= 11 is 1.67. The number of hydrogen-bond donors (Lipinski definition) is 1. The number of carbonyl (C=O) groups excluding carboxylic acids is 1. The van der Waals surface area contributed by atoms with E-state index in [9.17, 15) is 4.79 Å². The fraction of sp³-hybridized carbons (Fsp3) is 0.273. The van der Waals surface area contributed by atoms with E-state index < -0.39 is 0 Å². The summed E-state index contributed by atoms with van der Waals surface area (Å²) in [5.74, 6) is 1.24. The van der Waals surface area contributed by atoms with Gasteiger partial charge in [-0.2, -0.15) is 5.10 Å². The molecule has 27 heavy (non-hydrogen) atoms. The molecule has 1 amide bonds. The lowest BCUT2D eigenvalue weighted by Crippen LogP contribution is -2.15. The molecule has 5 heteroatoms. The van der Waals surface area contributed by atoms with Crippen molar-refractivity contribution in [2.75, 3.05) is 11.1 Å². The van der Waals surface area contributed by atoms with Crippen molar-refractivity contribution in [1.29, 1.82) is 0 Å². The lowest BCUT2D eigenvalue weighted by Gasteiger charge is -2.18. The van der Waals surface area contributed by atoms with Gasteiger partial charge in [0.05, 0.1) is 22.4 Å². The summed E-state index contributed by atoms with van der Waals surface area (Å²) in [6.45, 7) is 8.33. The average Bonchev–Trinajstić information content (AvgIpc) is 2.84. The lowest BCUT2D eigenvalue weighted by molar-refractivity contribution is -0.113. The van der Waals surface area contributed by atoms with Crippen LogP contribution in [-0.4, -0.2) is 21.4 Å². The molecule has 0 aliphatic carbocycles. The van der Waals surface area contributed by atoms with Gasteiger partial charge in [0.25, 0.3) is 0 Å². The highest BCUT2D eigenvalue weighted by Gasteiger charge is 2.31. The van der Waals surface area contributed by atoms with Crippen LogP contribution in [0.4, 0.5) is 5.82 Å². The predicted molar refractivity (Wildman–Crippen MR) is 112 cm³/mol. The Morgan fingerprint density at radius 2 is 1.74 bits per heavy atom. The minimum atomic E-state index is 0.0160. The van der Waals surface area contributed by atoms with Crippen molar-refractivity contribution in [1.82, 2.24) is 9.78 Å². The minimum Gasteiger partial charge on any atom is -0.310 e. The normalized spacial score (nSPS) is 16.6. The van der Waals surface area contributed by atoms with Crippen molar-refractivity contribution in [2.45, 2.75) is 32.9 Å². The molecule has 3 aromatic rings. The number of hydrogen-bond acceptors (Lipinski definition) is 3. The maximum atomic E-state index is 12.4. The van der Waals surface area contributed by atoms with E-state index in [-0.39, 0.29) is 11.2 Å². The Kier molecular flexibility index (Phi) is 4.56. The molecule has 1 aliphatic heterocycles. The molecule has 1 atom stereocenters. The Balaban J connectivity index is 1.91. The Morgan fingerprint density at radius 3 is 2.48 bits per heavy atom. The van der Waals surface area contributed by atoms with Crippen molar-refractivity contribution in [3.05, 3.63) is 76.0 Å². The fourth-order valence-electron chi connectivity index (χ4n) is 3.54. The molecule has 138 valence electrons. The number of aromatic nitrogens is 2. The summed E-state index contributed by atoms with van der Waals surface area (Å²) in [5, 5.41) is 7.97. The van der Waals surface area contributed by atoms with Crippen LogP contribution in [0.3, 0.4) is 0 Å². The number of benzene rings is 2. The number of aryl methyl sites for hydroxylation is 4. The van der Waals surface area contributed by atoms with Crippen LogP contribution in [0, 0.1) is 27.7 Å². The quantitative estimate of drug-likeness (QED) is 0.692. The molecular weight excluding hydrogens is 354 g/mol. The van der Waals surface area contributed by atoms with Gasteiger partial charge >= 0.3 is 0 Å². The zero-order valence-electron chi connectivity index (χ0n) is 16.0. The molecule has 0 bridgehead atoms. The van der Waals surface area contributed by atoms with E-state index in [1.807, 2.05) is 23.7 Å². The van der Waals surface area contributed by atoms with Crippen LogP contribution in [0.2, 0.25) is 0 Å². The summed E-state index contributed by atoms with van der Waals surface area (Å²) in [5.41, 5.74) is 7.92. The Bertz CT molecular complexity index is 1020. The van der Waals surface area contributed by atoms with E-state index in [1.165, 1.54) is 22.3 Å². The van der Waals surface area contributed by atoms with Crippen molar-refractivity contribution in [3.63, 3.8) is 0 Å². The first-order valence-corrected chi connectivity index (χ1v) is 10.1. The molecule has 1 unspecified atom stereocenters. The van der Waals surface area contributed by atoms with E-state index in [0.29, 0.717) is 5.75 Å². The third kappa shape index (κ3) is 3.28. The third-order valence-corrected chi connectivity index (χ3v) is 6.26. The summed E-state index contributed by atoms with van der Waals surface area (Å²) < 4.78 is 1.87. The number of nitrogens with zero attached hydrogens (tertiary/aromatic N) is 2. The molecular formula is C22H23N3OS. The van der Waals surface area contributed by atoms with E-state index >= 15 is 0 Å². The van der Waals surface area contributed by atoms with Crippen LogP contribution in [0.25, 0.3) is 5.69 Å². The standard InChI is InChI=1S/C22H23N3OS/c1-13-6-9-17(10-7-13)25-22-20(16(4)24-25)21(27-12-19(26)23-22)18-11-14(2)5-8-15(18)3/h5-11,21H,12H2,1-4H3,(H,23,26). The molecule has 1 aromatic heterocycles. The van der Waals surface area contributed by atoms with Gasteiger partial charge in [0.15, 0.2) is 0 Å². The Morgan fingerprint density at radius 1 is 1.04 bits per heavy atom. The van der Waals surface area contributed by atoms with Crippen LogP contribution in [-0.2, 0) is 4.79 Å². The number of fused-ring (bicyclic) bond motifs is 1. The average molecular weight is 378 g/mol. The van der Waals surface area contributed by atoms with Crippen molar-refractivity contribution in [3.8, 4) is 5.69 Å². The SMILES string of the molecule is Cc1ccc(-n2nc(C)c3c2NC(=O)CSC3c2cc(C)ccc2C)cc1. The Hall–Kier alpha value is -2.53.